The van der Waals surface area contributed by atoms with Crippen molar-refractivity contribution in [1.82, 2.24) is 5.32 Å². The van der Waals surface area contributed by atoms with Crippen LogP contribution in [0.2, 0.25) is 5.02 Å². The summed E-state index contributed by atoms with van der Waals surface area (Å²) < 4.78 is 5.31. The fourth-order valence-electron chi connectivity index (χ4n) is 1.43. The molecule has 0 saturated heterocycles. The zero-order valence-electron chi connectivity index (χ0n) is 9.63. The zero-order valence-corrected chi connectivity index (χ0v) is 10.4. The Morgan fingerprint density at radius 3 is 2.88 bits per heavy atom. The molecule has 0 aliphatic heterocycles. The van der Waals surface area contributed by atoms with E-state index in [1.54, 1.807) is 18.2 Å². The van der Waals surface area contributed by atoms with E-state index < -0.39 is 0 Å². The molecular formula is C12H15ClN2O2. The van der Waals surface area contributed by atoms with Gasteiger partial charge in [-0.3, -0.25) is 0 Å². The Morgan fingerprint density at radius 1 is 1.53 bits per heavy atom. The number of benzene rings is 1. The predicted molar refractivity (Wildman–Crippen MR) is 67.8 cm³/mol. The van der Waals surface area contributed by atoms with Gasteiger partial charge in [-0.25, -0.2) is 4.79 Å². The Labute approximate surface area is 105 Å². The van der Waals surface area contributed by atoms with Crippen LogP contribution in [0.25, 0.3) is 0 Å². The lowest BCUT2D eigenvalue weighted by Crippen LogP contribution is -2.30. The maximum Gasteiger partial charge on any atom is 0.319 e. The van der Waals surface area contributed by atoms with Gasteiger partial charge in [0.2, 0.25) is 0 Å². The van der Waals surface area contributed by atoms with E-state index in [1.165, 1.54) is 0 Å². The quantitative estimate of drug-likeness (QED) is 0.868. The second kappa shape index (κ2) is 5.27. The van der Waals surface area contributed by atoms with Gasteiger partial charge in [-0.1, -0.05) is 11.6 Å². The third kappa shape index (κ3) is 3.53. The van der Waals surface area contributed by atoms with Crippen LogP contribution < -0.4 is 15.4 Å². The molecule has 2 rings (SSSR count). The number of anilines is 1. The minimum absolute atomic E-state index is 0.210. The molecule has 92 valence electrons. The van der Waals surface area contributed by atoms with Crippen molar-refractivity contribution in [3.8, 4) is 5.75 Å². The summed E-state index contributed by atoms with van der Waals surface area (Å²) in [6.45, 7) is 2.49. The first kappa shape index (κ1) is 12.0. The van der Waals surface area contributed by atoms with Gasteiger partial charge in [0.15, 0.2) is 0 Å². The lowest BCUT2D eigenvalue weighted by Gasteiger charge is -2.10. The van der Waals surface area contributed by atoms with Crippen molar-refractivity contribution in [2.75, 3.05) is 11.9 Å². The van der Waals surface area contributed by atoms with Gasteiger partial charge in [0.1, 0.15) is 5.75 Å². The number of hydrogen-bond donors (Lipinski definition) is 2. The molecule has 1 fully saturated rings. The molecule has 0 unspecified atom stereocenters. The fraction of sp³-hybridized carbons (Fsp3) is 0.417. The van der Waals surface area contributed by atoms with Gasteiger partial charge in [-0.2, -0.15) is 0 Å². The van der Waals surface area contributed by atoms with Crippen molar-refractivity contribution in [3.05, 3.63) is 23.2 Å². The lowest BCUT2D eigenvalue weighted by molar-refractivity contribution is 0.251. The number of rotatable bonds is 4. The summed E-state index contributed by atoms with van der Waals surface area (Å²) in [5.74, 6) is 0.700. The second-order valence-corrected chi connectivity index (χ2v) is 4.35. The average Bonchev–Trinajstić information content (AvgIpc) is 3.06. The van der Waals surface area contributed by atoms with Crippen molar-refractivity contribution < 1.29 is 9.53 Å². The Morgan fingerprint density at radius 2 is 2.29 bits per heavy atom. The molecule has 0 bridgehead atoms. The van der Waals surface area contributed by atoms with Crippen molar-refractivity contribution in [3.63, 3.8) is 0 Å². The molecule has 1 saturated carbocycles. The number of halogens is 1. The highest BCUT2D eigenvalue weighted by atomic mass is 35.5. The fourth-order valence-corrected chi connectivity index (χ4v) is 1.64. The van der Waals surface area contributed by atoms with E-state index in [0.717, 1.165) is 12.8 Å². The highest BCUT2D eigenvalue weighted by Crippen LogP contribution is 2.27. The first-order valence-corrected chi connectivity index (χ1v) is 6.06. The van der Waals surface area contributed by atoms with Gasteiger partial charge < -0.3 is 15.4 Å². The first-order valence-electron chi connectivity index (χ1n) is 5.69. The van der Waals surface area contributed by atoms with Crippen molar-refractivity contribution in [2.24, 2.45) is 0 Å². The van der Waals surface area contributed by atoms with E-state index >= 15 is 0 Å². The van der Waals surface area contributed by atoms with Crippen LogP contribution in [0.5, 0.6) is 5.75 Å². The number of urea groups is 1. The molecule has 1 aromatic carbocycles. The van der Waals surface area contributed by atoms with E-state index in [1.807, 2.05) is 6.92 Å². The monoisotopic (exact) mass is 254 g/mol. The van der Waals surface area contributed by atoms with E-state index in [-0.39, 0.29) is 6.03 Å². The van der Waals surface area contributed by atoms with Gasteiger partial charge in [0, 0.05) is 12.1 Å². The molecule has 1 aliphatic rings. The second-order valence-electron chi connectivity index (χ2n) is 3.95. The molecule has 4 nitrogen and oxygen atoms in total. The summed E-state index contributed by atoms with van der Waals surface area (Å²) in [6.07, 6.45) is 2.12. The van der Waals surface area contributed by atoms with Crippen LogP contribution in [0, 0.1) is 0 Å². The molecule has 5 heteroatoms. The van der Waals surface area contributed by atoms with E-state index in [0.29, 0.717) is 29.1 Å². The number of amides is 2. The molecule has 1 aromatic rings. The summed E-state index contributed by atoms with van der Waals surface area (Å²) >= 11 is 6.04. The minimum Gasteiger partial charge on any atom is -0.494 e. The summed E-state index contributed by atoms with van der Waals surface area (Å²) in [4.78, 5) is 11.5. The minimum atomic E-state index is -0.210. The van der Waals surface area contributed by atoms with Crippen LogP contribution in [0.3, 0.4) is 0 Å². The topological polar surface area (TPSA) is 50.4 Å². The van der Waals surface area contributed by atoms with Crippen LogP contribution in [0.4, 0.5) is 10.5 Å². The largest absolute Gasteiger partial charge is 0.494 e. The maximum atomic E-state index is 11.5. The Hall–Kier alpha value is -1.42. The van der Waals surface area contributed by atoms with Gasteiger partial charge >= 0.3 is 6.03 Å². The normalized spacial score (nSPS) is 14.2. The van der Waals surface area contributed by atoms with Crippen LogP contribution in [0.1, 0.15) is 19.8 Å². The predicted octanol–water partition coefficient (Wildman–Crippen LogP) is 3.02. The number of carbonyl (C=O) groups excluding carboxylic acids is 1. The van der Waals surface area contributed by atoms with Crippen molar-refractivity contribution >= 4 is 23.3 Å². The van der Waals surface area contributed by atoms with E-state index in [9.17, 15) is 4.79 Å². The average molecular weight is 255 g/mol. The Kier molecular flexibility index (Phi) is 3.74. The van der Waals surface area contributed by atoms with Gasteiger partial charge in [0.05, 0.1) is 17.3 Å². The number of carbonyl (C=O) groups is 1. The first-order chi connectivity index (χ1) is 8.19. The Balaban J connectivity index is 1.97. The summed E-state index contributed by atoms with van der Waals surface area (Å²) in [5, 5.41) is 6.02. The molecule has 2 N–H and O–H groups in total. The van der Waals surface area contributed by atoms with Crippen LogP contribution in [-0.2, 0) is 0 Å². The van der Waals surface area contributed by atoms with E-state index in [4.69, 9.17) is 16.3 Å². The summed E-state index contributed by atoms with van der Waals surface area (Å²) in [7, 11) is 0. The highest BCUT2D eigenvalue weighted by Gasteiger charge is 2.23. The summed E-state index contributed by atoms with van der Waals surface area (Å²) in [5.41, 5.74) is 0.591. The molecule has 0 atom stereocenters. The van der Waals surface area contributed by atoms with E-state index in [2.05, 4.69) is 10.6 Å². The smallest absolute Gasteiger partial charge is 0.319 e. The highest BCUT2D eigenvalue weighted by molar-refractivity contribution is 6.33. The van der Waals surface area contributed by atoms with Gasteiger partial charge in [0.25, 0.3) is 0 Å². The van der Waals surface area contributed by atoms with Gasteiger partial charge in [-0.15, -0.1) is 0 Å². The molecule has 2 amide bonds. The summed E-state index contributed by atoms with van der Waals surface area (Å²) in [6, 6.07) is 5.33. The maximum absolute atomic E-state index is 11.5. The molecule has 17 heavy (non-hydrogen) atoms. The third-order valence-corrected chi connectivity index (χ3v) is 2.73. The van der Waals surface area contributed by atoms with Crippen molar-refractivity contribution in [1.29, 1.82) is 0 Å². The molecular weight excluding hydrogens is 240 g/mol. The molecule has 0 radical (unpaired) electrons. The molecule has 0 heterocycles. The SMILES string of the molecule is CCOc1ccc(NC(=O)NC2CC2)c(Cl)c1. The van der Waals surface area contributed by atoms with Crippen LogP contribution in [-0.4, -0.2) is 18.7 Å². The lowest BCUT2D eigenvalue weighted by atomic mass is 10.3. The molecule has 1 aliphatic carbocycles. The molecule has 0 aromatic heterocycles. The zero-order chi connectivity index (χ0) is 12.3. The number of nitrogens with one attached hydrogen (secondary N) is 2. The molecule has 0 spiro atoms. The van der Waals surface area contributed by atoms with Crippen LogP contribution in [0.15, 0.2) is 18.2 Å². The number of hydrogen-bond acceptors (Lipinski definition) is 2. The standard InChI is InChI=1S/C12H15ClN2O2/c1-2-17-9-5-6-11(10(13)7-9)15-12(16)14-8-3-4-8/h5-8H,2-4H2,1H3,(H2,14,15,16). The number of ether oxygens (including phenoxy) is 1. The third-order valence-electron chi connectivity index (χ3n) is 2.41. The van der Waals surface area contributed by atoms with Crippen LogP contribution >= 0.6 is 11.6 Å². The Bertz CT molecular complexity index is 419. The van der Waals surface area contributed by atoms with Gasteiger partial charge in [-0.05, 0) is 31.9 Å². The van der Waals surface area contributed by atoms with Crippen molar-refractivity contribution in [2.45, 2.75) is 25.8 Å².